The van der Waals surface area contributed by atoms with Crippen molar-refractivity contribution in [3.63, 3.8) is 0 Å². The summed E-state index contributed by atoms with van der Waals surface area (Å²) in [4.78, 5) is 15.0. The average Bonchev–Trinajstić information content (AvgIpc) is 4.07. The predicted octanol–water partition coefficient (Wildman–Crippen LogP) is 15.3. The zero-order valence-electron chi connectivity index (χ0n) is 39.9. The van der Waals surface area contributed by atoms with Gasteiger partial charge in [0.2, 0.25) is 5.71 Å². The van der Waals surface area contributed by atoms with Gasteiger partial charge in [0.1, 0.15) is 0 Å². The number of hydrogen-bond acceptors (Lipinski definition) is 4. The van der Waals surface area contributed by atoms with Gasteiger partial charge in [-0.2, -0.15) is 0 Å². The normalized spacial score (nSPS) is 13.3. The molecule has 1 saturated carbocycles. The SMILES string of the molecule is Cc1cccc(C)c1-c1ccc2c(n1)oc1c(-c3nc4ccc5ccccc5c4n3-c3ccc(C(C)(C)C)cc3)[c-]ccc12.[CH3][Ge]([CH3])([CH3])[c]1cnc(-c2[c-]cccc2)cc1CC1CCCC1.[Ir]. The van der Waals surface area contributed by atoms with E-state index in [2.05, 4.69) is 190 Å². The third-order valence-corrected chi connectivity index (χ3v) is 17.9. The molecule has 0 bridgehead atoms. The Morgan fingerprint density at radius 3 is 2.18 bits per heavy atom. The molecule has 10 aromatic rings. The number of nitrogens with zero attached hydrogens (tertiary/aromatic N) is 4. The van der Waals surface area contributed by atoms with E-state index in [1.54, 1.807) is 9.96 Å². The van der Waals surface area contributed by atoms with Crippen LogP contribution in [0.4, 0.5) is 0 Å². The molecule has 1 aliphatic carbocycles. The smallest absolute Gasteiger partial charge is 0 e. The Morgan fingerprint density at radius 1 is 0.716 bits per heavy atom. The zero-order chi connectivity index (χ0) is 45.7. The molecular weight excluding hydrogens is 1060 g/mol. The number of benzene rings is 6. The fourth-order valence-electron chi connectivity index (χ4n) is 10.1. The van der Waals surface area contributed by atoms with Crippen LogP contribution in [0.15, 0.2) is 144 Å². The standard InChI is InChI=1S/C40H32N3O.C20H26GeN.Ir/c1-24-10-8-11-25(2)35(24)33-23-21-31-30-14-9-15-32(37(30)44-39(31)42-33)38-41-34-22-16-26-12-6-7-13-29(26)36(34)43(38)28-19-17-27(18-20-28)40(3,4)5;1-21(2,3)19-15-22-20(17-11-5-4-6-12-17)14-18(19)13-16-9-7-8-10-16;/h6-14,16-23H,1-5H3;4-6,11,14-16H,7-10,13H2,1-3H3;/q2*-1;. The van der Waals surface area contributed by atoms with E-state index in [1.807, 2.05) is 18.2 Å². The minimum absolute atomic E-state index is 0. The van der Waals surface area contributed by atoms with Crippen LogP contribution in [-0.2, 0) is 31.9 Å². The number of rotatable bonds is 7. The first kappa shape index (κ1) is 46.5. The number of aryl methyl sites for hydroxylation is 2. The molecule has 1 radical (unpaired) electrons. The summed E-state index contributed by atoms with van der Waals surface area (Å²) in [7, 11) is 0. The quantitative estimate of drug-likeness (QED) is 0.118. The maximum absolute atomic E-state index is 6.62. The summed E-state index contributed by atoms with van der Waals surface area (Å²) in [5.74, 6) is 9.11. The van der Waals surface area contributed by atoms with Crippen LogP contribution in [0.5, 0.6) is 0 Å². The van der Waals surface area contributed by atoms with Crippen LogP contribution in [0.1, 0.15) is 68.7 Å². The molecule has 1 aliphatic rings. The van der Waals surface area contributed by atoms with E-state index in [0.717, 1.165) is 78.3 Å². The molecule has 0 saturated heterocycles. The second-order valence-electron chi connectivity index (χ2n) is 20.3. The molecule has 0 unspecified atom stereocenters. The molecule has 0 aliphatic heterocycles. The van der Waals surface area contributed by atoms with Gasteiger partial charge in [-0.25, -0.2) is 4.98 Å². The minimum atomic E-state index is -1.87. The van der Waals surface area contributed by atoms with Crippen LogP contribution >= 0.6 is 0 Å². The van der Waals surface area contributed by atoms with Gasteiger partial charge in [0.05, 0.1) is 28.1 Å². The molecule has 5 nitrogen and oxygen atoms in total. The first-order valence-electron chi connectivity index (χ1n) is 23.6. The third-order valence-electron chi connectivity index (χ3n) is 13.6. The number of hydrogen-bond donors (Lipinski definition) is 0. The van der Waals surface area contributed by atoms with Gasteiger partial charge in [-0.1, -0.05) is 92.4 Å². The molecule has 67 heavy (non-hydrogen) atoms. The van der Waals surface area contributed by atoms with E-state index in [1.165, 1.54) is 54.2 Å². The summed E-state index contributed by atoms with van der Waals surface area (Å²) >= 11 is -1.87. The van der Waals surface area contributed by atoms with Gasteiger partial charge in [0, 0.05) is 42.1 Å². The summed E-state index contributed by atoms with van der Waals surface area (Å²) in [6.45, 7) is 11.0. The Balaban J connectivity index is 0.000000206. The fourth-order valence-corrected chi connectivity index (χ4v) is 13.4. The van der Waals surface area contributed by atoms with Crippen LogP contribution in [0.2, 0.25) is 17.3 Å². The molecule has 0 amide bonds. The van der Waals surface area contributed by atoms with Crippen molar-refractivity contribution in [2.45, 2.75) is 89.4 Å². The van der Waals surface area contributed by atoms with Crippen LogP contribution in [0.3, 0.4) is 0 Å². The molecular formula is C60H58GeIrN4O-2. The van der Waals surface area contributed by atoms with E-state index < -0.39 is 13.3 Å². The maximum atomic E-state index is 6.62. The molecule has 11 rings (SSSR count). The van der Waals surface area contributed by atoms with Crippen LogP contribution < -0.4 is 4.40 Å². The van der Waals surface area contributed by atoms with E-state index >= 15 is 0 Å². The monoisotopic (exact) mass is 1120 g/mol. The first-order chi connectivity index (χ1) is 31.8. The summed E-state index contributed by atoms with van der Waals surface area (Å²) < 4.78 is 10.5. The maximum Gasteiger partial charge on any atom is 0 e. The molecule has 4 heterocycles. The molecule has 0 spiro atoms. The third kappa shape index (κ3) is 9.21. The fraction of sp³-hybridized carbons (Fsp3) is 0.250. The van der Waals surface area contributed by atoms with Gasteiger partial charge in [-0.15, -0.1) is 18.2 Å². The minimum Gasteiger partial charge on any atom is 0 e. The number of imidazole rings is 1. The van der Waals surface area contributed by atoms with Crippen molar-refractivity contribution in [2.24, 2.45) is 5.92 Å². The number of furan rings is 1. The van der Waals surface area contributed by atoms with Gasteiger partial charge in [0.25, 0.3) is 0 Å². The van der Waals surface area contributed by atoms with E-state index in [0.29, 0.717) is 5.71 Å². The van der Waals surface area contributed by atoms with Crippen molar-refractivity contribution in [3.8, 4) is 39.6 Å². The largest absolute Gasteiger partial charge is 0 e. The zero-order valence-corrected chi connectivity index (χ0v) is 44.4. The number of aromatic nitrogens is 4. The van der Waals surface area contributed by atoms with Gasteiger partial charge >= 0.3 is 137 Å². The Bertz CT molecular complexity index is 3370. The van der Waals surface area contributed by atoms with Crippen molar-refractivity contribution in [1.82, 2.24) is 19.5 Å². The van der Waals surface area contributed by atoms with Crippen molar-refractivity contribution in [3.05, 3.63) is 174 Å². The van der Waals surface area contributed by atoms with Gasteiger partial charge < -0.3 is 8.98 Å². The van der Waals surface area contributed by atoms with Crippen molar-refractivity contribution in [2.75, 3.05) is 0 Å². The average molecular weight is 1120 g/mol. The molecule has 0 atom stereocenters. The van der Waals surface area contributed by atoms with Crippen LogP contribution in [0, 0.1) is 31.9 Å². The van der Waals surface area contributed by atoms with E-state index in [-0.39, 0.29) is 25.5 Å². The summed E-state index contributed by atoms with van der Waals surface area (Å²) in [6, 6.07) is 53.5. The van der Waals surface area contributed by atoms with Gasteiger partial charge in [-0.05, 0) is 71.7 Å². The Labute approximate surface area is 411 Å². The van der Waals surface area contributed by atoms with Crippen LogP contribution in [0.25, 0.3) is 83.5 Å². The summed E-state index contributed by atoms with van der Waals surface area (Å²) in [6.07, 6.45) is 9.08. The Hall–Kier alpha value is -5.66. The molecule has 1 fully saturated rings. The van der Waals surface area contributed by atoms with Crippen molar-refractivity contribution < 1.29 is 24.5 Å². The van der Waals surface area contributed by atoms with Crippen molar-refractivity contribution >= 4 is 61.5 Å². The molecule has 339 valence electrons. The van der Waals surface area contributed by atoms with E-state index in [4.69, 9.17) is 19.4 Å². The van der Waals surface area contributed by atoms with Crippen LogP contribution in [-0.4, -0.2) is 32.8 Å². The first-order valence-corrected chi connectivity index (χ1v) is 30.9. The topological polar surface area (TPSA) is 56.7 Å². The second kappa shape index (κ2) is 18.8. The summed E-state index contributed by atoms with van der Waals surface area (Å²) in [5.41, 5.74) is 14.8. The second-order valence-corrected chi connectivity index (χ2v) is 30.9. The molecule has 4 aromatic heterocycles. The predicted molar refractivity (Wildman–Crippen MR) is 279 cm³/mol. The Morgan fingerprint density at radius 2 is 1.46 bits per heavy atom. The van der Waals surface area contributed by atoms with Gasteiger partial charge in [0.15, 0.2) is 0 Å². The molecule has 6 aromatic carbocycles. The Kier molecular flexibility index (Phi) is 13.0. The van der Waals surface area contributed by atoms with Gasteiger partial charge in [-0.3, -0.25) is 4.98 Å². The molecule has 0 N–H and O–H groups in total. The van der Waals surface area contributed by atoms with E-state index in [9.17, 15) is 0 Å². The van der Waals surface area contributed by atoms with Crippen molar-refractivity contribution in [1.29, 1.82) is 0 Å². The molecule has 7 heteroatoms. The number of fused-ring (bicyclic) bond motifs is 6. The summed E-state index contributed by atoms with van der Waals surface area (Å²) in [5, 5.41) is 4.31. The number of pyridine rings is 2.